The van der Waals surface area contributed by atoms with E-state index < -0.39 is 5.97 Å². The fourth-order valence-corrected chi connectivity index (χ4v) is 5.57. The minimum absolute atomic E-state index is 0.402. The number of benzene rings is 2. The van der Waals surface area contributed by atoms with Crippen molar-refractivity contribution >= 4 is 5.97 Å². The van der Waals surface area contributed by atoms with Crippen molar-refractivity contribution in [3.8, 4) is 23.2 Å². The van der Waals surface area contributed by atoms with E-state index in [1.165, 1.54) is 89.0 Å². The van der Waals surface area contributed by atoms with Gasteiger partial charge in [0.05, 0.1) is 17.2 Å². The molecule has 1 saturated carbocycles. The Kier molecular flexibility index (Phi) is 11.1. The smallest absolute Gasteiger partial charge is 0.343 e. The van der Waals surface area contributed by atoms with Gasteiger partial charge in [0.2, 0.25) is 0 Å². The molecule has 204 valence electrons. The van der Waals surface area contributed by atoms with E-state index in [1.54, 1.807) is 36.4 Å². The third-order valence-corrected chi connectivity index (χ3v) is 8.03. The van der Waals surface area contributed by atoms with Crippen molar-refractivity contribution in [1.29, 1.82) is 5.26 Å². The van der Waals surface area contributed by atoms with Gasteiger partial charge in [-0.25, -0.2) is 14.8 Å². The first-order valence-corrected chi connectivity index (χ1v) is 14.8. The van der Waals surface area contributed by atoms with Crippen molar-refractivity contribution in [2.75, 3.05) is 0 Å². The Morgan fingerprint density at radius 2 is 1.46 bits per heavy atom. The molecule has 0 radical (unpaired) electrons. The van der Waals surface area contributed by atoms with Crippen LogP contribution in [0.2, 0.25) is 0 Å². The Labute approximate surface area is 233 Å². The first-order chi connectivity index (χ1) is 19.2. The second-order valence-corrected chi connectivity index (χ2v) is 10.9. The highest BCUT2D eigenvalue weighted by atomic mass is 16.5. The summed E-state index contributed by atoms with van der Waals surface area (Å²) in [6.07, 6.45) is 21.7. The number of hydrogen-bond acceptors (Lipinski definition) is 5. The molecule has 39 heavy (non-hydrogen) atoms. The second kappa shape index (κ2) is 15.2. The largest absolute Gasteiger partial charge is 0.423 e. The van der Waals surface area contributed by atoms with E-state index in [0.717, 1.165) is 11.5 Å². The van der Waals surface area contributed by atoms with E-state index in [4.69, 9.17) is 10.00 Å². The normalized spacial score (nSPS) is 16.9. The fraction of sp³-hybridized carbons (Fsp3) is 0.471. The average molecular weight is 524 g/mol. The molecule has 0 spiro atoms. The highest BCUT2D eigenvalue weighted by molar-refractivity contribution is 5.91. The van der Waals surface area contributed by atoms with Crippen LogP contribution in [0.1, 0.15) is 118 Å². The van der Waals surface area contributed by atoms with Crippen molar-refractivity contribution < 1.29 is 9.53 Å². The monoisotopic (exact) mass is 523 g/mol. The molecule has 1 aliphatic carbocycles. The third-order valence-electron chi connectivity index (χ3n) is 8.03. The molecule has 3 aromatic rings. The van der Waals surface area contributed by atoms with Gasteiger partial charge in [-0.3, -0.25) is 0 Å². The molecule has 0 amide bonds. The lowest BCUT2D eigenvalue weighted by atomic mass is 9.77. The van der Waals surface area contributed by atoms with Crippen LogP contribution in [0.25, 0.3) is 11.4 Å². The molecule has 5 nitrogen and oxygen atoms in total. The van der Waals surface area contributed by atoms with Crippen LogP contribution >= 0.6 is 0 Å². The molecule has 2 aromatic carbocycles. The van der Waals surface area contributed by atoms with Gasteiger partial charge in [0.1, 0.15) is 5.75 Å². The van der Waals surface area contributed by atoms with E-state index in [-0.39, 0.29) is 0 Å². The number of carbonyl (C=O) groups excluding carboxylic acids is 1. The summed E-state index contributed by atoms with van der Waals surface area (Å²) in [6, 6.07) is 15.7. The van der Waals surface area contributed by atoms with E-state index in [2.05, 4.69) is 16.9 Å². The molecule has 1 fully saturated rings. The maximum atomic E-state index is 12.4. The van der Waals surface area contributed by atoms with E-state index in [9.17, 15) is 4.79 Å². The van der Waals surface area contributed by atoms with Gasteiger partial charge in [-0.1, -0.05) is 64.7 Å². The summed E-state index contributed by atoms with van der Waals surface area (Å²) < 4.78 is 5.46. The Morgan fingerprint density at radius 3 is 2.08 bits per heavy atom. The van der Waals surface area contributed by atoms with Crippen LogP contribution < -0.4 is 4.74 Å². The topological polar surface area (TPSA) is 75.9 Å². The molecular weight excluding hydrogens is 482 g/mol. The molecule has 0 saturated heterocycles. The maximum absolute atomic E-state index is 12.4. The van der Waals surface area contributed by atoms with Gasteiger partial charge in [-0.15, -0.1) is 0 Å². The Bertz CT molecular complexity index is 1190. The predicted molar refractivity (Wildman–Crippen MR) is 156 cm³/mol. The van der Waals surface area contributed by atoms with Gasteiger partial charge in [0.15, 0.2) is 5.82 Å². The summed E-state index contributed by atoms with van der Waals surface area (Å²) in [5.41, 5.74) is 3.04. The van der Waals surface area contributed by atoms with Crippen LogP contribution in [0, 0.1) is 17.2 Å². The minimum Gasteiger partial charge on any atom is -0.423 e. The first-order valence-electron chi connectivity index (χ1n) is 14.8. The predicted octanol–water partition coefficient (Wildman–Crippen LogP) is 9.04. The number of nitriles is 1. The lowest BCUT2D eigenvalue weighted by Crippen LogP contribution is -2.14. The summed E-state index contributed by atoms with van der Waals surface area (Å²) in [6.45, 7) is 2.28. The zero-order chi connectivity index (χ0) is 27.3. The summed E-state index contributed by atoms with van der Waals surface area (Å²) in [5, 5.41) is 8.90. The van der Waals surface area contributed by atoms with E-state index in [1.807, 2.05) is 30.6 Å². The van der Waals surface area contributed by atoms with Gasteiger partial charge in [0, 0.05) is 18.0 Å². The number of ether oxygens (including phenoxy) is 1. The molecule has 4 rings (SSSR count). The Morgan fingerprint density at radius 1 is 0.846 bits per heavy atom. The van der Waals surface area contributed by atoms with Gasteiger partial charge >= 0.3 is 5.97 Å². The standard InChI is InChI=1S/C34H41N3O2/c1-2-3-4-5-6-7-8-9-10-26-11-15-28(16-12-26)31-24-36-33(37-25-31)29-19-21-32(22-20-29)39-34(38)30-17-13-27(23-35)14-18-30/h13-14,17-22,24-26,28H,2-12,15-16H2,1H3/t26-,28-. The van der Waals surface area contributed by atoms with Crippen LogP contribution in [0.5, 0.6) is 5.75 Å². The van der Waals surface area contributed by atoms with Crippen LogP contribution in [-0.2, 0) is 0 Å². The number of rotatable bonds is 13. The number of nitrogens with zero attached hydrogens (tertiary/aromatic N) is 3. The van der Waals surface area contributed by atoms with Crippen LogP contribution in [-0.4, -0.2) is 15.9 Å². The maximum Gasteiger partial charge on any atom is 0.343 e. The van der Waals surface area contributed by atoms with Gasteiger partial charge in [0.25, 0.3) is 0 Å². The highest BCUT2D eigenvalue weighted by Crippen LogP contribution is 2.37. The van der Waals surface area contributed by atoms with Crippen LogP contribution in [0.3, 0.4) is 0 Å². The number of esters is 1. The van der Waals surface area contributed by atoms with E-state index in [0.29, 0.717) is 28.6 Å². The van der Waals surface area contributed by atoms with Crippen LogP contribution in [0.4, 0.5) is 0 Å². The van der Waals surface area contributed by atoms with Crippen molar-refractivity contribution in [3.63, 3.8) is 0 Å². The lowest BCUT2D eigenvalue weighted by Gasteiger charge is -2.28. The molecular formula is C34H41N3O2. The minimum atomic E-state index is -0.458. The zero-order valence-corrected chi connectivity index (χ0v) is 23.3. The number of aromatic nitrogens is 2. The molecule has 1 aliphatic rings. The lowest BCUT2D eigenvalue weighted by molar-refractivity contribution is 0.0735. The Hall–Kier alpha value is -3.52. The molecule has 1 heterocycles. The zero-order valence-electron chi connectivity index (χ0n) is 23.3. The van der Waals surface area contributed by atoms with Crippen molar-refractivity contribution in [2.45, 2.75) is 96.3 Å². The summed E-state index contributed by atoms with van der Waals surface area (Å²) in [7, 11) is 0. The number of unbranched alkanes of at least 4 members (excludes halogenated alkanes) is 7. The SMILES string of the molecule is CCCCCCCCCC[C@H]1CC[C@H](c2cnc(-c3ccc(OC(=O)c4ccc(C#N)cc4)cc3)nc2)CC1. The second-order valence-electron chi connectivity index (χ2n) is 10.9. The van der Waals surface area contributed by atoms with Gasteiger partial charge in [-0.2, -0.15) is 5.26 Å². The molecule has 0 bridgehead atoms. The van der Waals surface area contributed by atoms with Crippen molar-refractivity contribution in [2.24, 2.45) is 5.92 Å². The van der Waals surface area contributed by atoms with Crippen molar-refractivity contribution in [3.05, 3.63) is 77.6 Å². The number of hydrogen-bond donors (Lipinski definition) is 0. The number of carbonyl (C=O) groups is 1. The molecule has 0 aliphatic heterocycles. The quantitative estimate of drug-likeness (QED) is 0.127. The molecule has 5 heteroatoms. The van der Waals surface area contributed by atoms with Gasteiger partial charge in [-0.05, 0) is 91.6 Å². The summed E-state index contributed by atoms with van der Waals surface area (Å²) >= 11 is 0. The Balaban J connectivity index is 1.19. The van der Waals surface area contributed by atoms with E-state index >= 15 is 0 Å². The average Bonchev–Trinajstić information content (AvgIpc) is 2.99. The summed E-state index contributed by atoms with van der Waals surface area (Å²) in [5.74, 6) is 2.13. The van der Waals surface area contributed by atoms with Gasteiger partial charge < -0.3 is 4.74 Å². The molecule has 0 N–H and O–H groups in total. The fourth-order valence-electron chi connectivity index (χ4n) is 5.57. The highest BCUT2D eigenvalue weighted by Gasteiger charge is 2.22. The first kappa shape index (κ1) is 28.5. The van der Waals surface area contributed by atoms with Crippen molar-refractivity contribution in [1.82, 2.24) is 9.97 Å². The molecule has 1 aromatic heterocycles. The van der Waals surface area contributed by atoms with Crippen LogP contribution in [0.15, 0.2) is 60.9 Å². The third kappa shape index (κ3) is 8.75. The summed E-state index contributed by atoms with van der Waals surface area (Å²) in [4.78, 5) is 21.7. The molecule has 0 unspecified atom stereocenters. The molecule has 0 atom stereocenters.